The molecule has 1 unspecified atom stereocenters. The highest BCUT2D eigenvalue weighted by atomic mass is 35.5. The molecule has 1 aromatic rings. The maximum absolute atomic E-state index is 6.01. The van der Waals surface area contributed by atoms with Crippen LogP contribution >= 0.6 is 11.6 Å². The van der Waals surface area contributed by atoms with E-state index < -0.39 is 0 Å². The second-order valence-electron chi connectivity index (χ2n) is 3.44. The van der Waals surface area contributed by atoms with Crippen molar-refractivity contribution in [1.82, 2.24) is 0 Å². The molecule has 0 aliphatic heterocycles. The van der Waals surface area contributed by atoms with Crippen LogP contribution in [0.2, 0.25) is 5.02 Å². The molecular formula is C12H14ClNO. The molecule has 1 aromatic carbocycles. The van der Waals surface area contributed by atoms with Gasteiger partial charge in [-0.25, -0.2) is 0 Å². The molecule has 0 bridgehead atoms. The summed E-state index contributed by atoms with van der Waals surface area (Å²) >= 11 is 6.01. The molecule has 0 radical (unpaired) electrons. The van der Waals surface area contributed by atoms with Gasteiger partial charge in [0.25, 0.3) is 0 Å². The molecule has 80 valence electrons. The van der Waals surface area contributed by atoms with Crippen molar-refractivity contribution >= 4 is 11.6 Å². The molecule has 0 saturated heterocycles. The van der Waals surface area contributed by atoms with Crippen LogP contribution < -0.4 is 10.5 Å². The Morgan fingerprint density at radius 2 is 2.33 bits per heavy atom. The molecule has 0 aromatic heterocycles. The van der Waals surface area contributed by atoms with E-state index >= 15 is 0 Å². The van der Waals surface area contributed by atoms with Crippen molar-refractivity contribution < 1.29 is 4.74 Å². The fourth-order valence-electron chi connectivity index (χ4n) is 1.28. The smallest absolute Gasteiger partial charge is 0.148 e. The van der Waals surface area contributed by atoms with Gasteiger partial charge in [-0.15, -0.1) is 6.42 Å². The van der Waals surface area contributed by atoms with E-state index in [1.165, 1.54) is 0 Å². The Morgan fingerprint density at radius 3 is 2.87 bits per heavy atom. The highest BCUT2D eigenvalue weighted by Gasteiger charge is 2.04. The number of hydrogen-bond donors (Lipinski definition) is 1. The minimum Gasteiger partial charge on any atom is -0.479 e. The first-order valence-electron chi connectivity index (χ1n) is 4.73. The summed E-state index contributed by atoms with van der Waals surface area (Å²) in [7, 11) is 0. The van der Waals surface area contributed by atoms with Crippen LogP contribution in [0.1, 0.15) is 12.5 Å². The molecule has 15 heavy (non-hydrogen) atoms. The SMILES string of the molecule is C#CCOc1ccc(CC(C)N)cc1Cl. The Labute approximate surface area is 95.4 Å². The Bertz CT molecular complexity index is 368. The number of rotatable bonds is 4. The van der Waals surface area contributed by atoms with Gasteiger partial charge in [0.05, 0.1) is 5.02 Å². The number of ether oxygens (including phenoxy) is 1. The number of hydrogen-bond acceptors (Lipinski definition) is 2. The first-order chi connectivity index (χ1) is 7.13. The van der Waals surface area contributed by atoms with Crippen molar-refractivity contribution in [3.05, 3.63) is 28.8 Å². The zero-order valence-electron chi connectivity index (χ0n) is 8.66. The molecule has 0 fully saturated rings. The number of terminal acetylenes is 1. The Hall–Kier alpha value is -1.17. The molecule has 0 aliphatic rings. The second-order valence-corrected chi connectivity index (χ2v) is 3.85. The van der Waals surface area contributed by atoms with Crippen LogP contribution in [0.4, 0.5) is 0 Å². The third kappa shape index (κ3) is 3.83. The Morgan fingerprint density at radius 1 is 1.60 bits per heavy atom. The number of halogens is 1. The minimum absolute atomic E-state index is 0.124. The minimum atomic E-state index is 0.124. The quantitative estimate of drug-likeness (QED) is 0.795. The van der Waals surface area contributed by atoms with Crippen LogP contribution in [0.25, 0.3) is 0 Å². The van der Waals surface area contributed by atoms with E-state index in [1.54, 1.807) is 0 Å². The maximum atomic E-state index is 6.01. The van der Waals surface area contributed by atoms with E-state index in [-0.39, 0.29) is 12.6 Å². The van der Waals surface area contributed by atoms with Crippen molar-refractivity contribution in [2.24, 2.45) is 5.73 Å². The third-order valence-electron chi connectivity index (χ3n) is 1.86. The standard InChI is InChI=1S/C12H14ClNO/c1-3-6-15-12-5-4-10(7-9(2)14)8-11(12)13/h1,4-5,8-9H,6-7,14H2,2H3. The maximum Gasteiger partial charge on any atom is 0.148 e. The summed E-state index contributed by atoms with van der Waals surface area (Å²) in [6.45, 7) is 2.18. The average Bonchev–Trinajstić information content (AvgIpc) is 2.15. The molecule has 2 nitrogen and oxygen atoms in total. The van der Waals surface area contributed by atoms with Crippen LogP contribution in [-0.4, -0.2) is 12.6 Å². The fourth-order valence-corrected chi connectivity index (χ4v) is 1.54. The van der Waals surface area contributed by atoms with Gasteiger partial charge >= 0.3 is 0 Å². The first kappa shape index (κ1) is 11.9. The van der Waals surface area contributed by atoms with Gasteiger partial charge in [-0.05, 0) is 31.0 Å². The predicted octanol–water partition coefficient (Wildman–Crippen LogP) is 2.24. The summed E-state index contributed by atoms with van der Waals surface area (Å²) in [5.41, 5.74) is 6.79. The van der Waals surface area contributed by atoms with Crippen molar-refractivity contribution in [3.8, 4) is 18.1 Å². The number of nitrogens with two attached hydrogens (primary N) is 1. The van der Waals surface area contributed by atoms with Gasteiger partial charge in [0.15, 0.2) is 0 Å². The summed E-state index contributed by atoms with van der Waals surface area (Å²) in [4.78, 5) is 0. The summed E-state index contributed by atoms with van der Waals surface area (Å²) in [5, 5.41) is 0.573. The fraction of sp³-hybridized carbons (Fsp3) is 0.333. The summed E-state index contributed by atoms with van der Waals surface area (Å²) in [6.07, 6.45) is 5.89. The van der Waals surface area contributed by atoms with Gasteiger partial charge in [-0.1, -0.05) is 23.6 Å². The van der Waals surface area contributed by atoms with E-state index in [4.69, 9.17) is 28.5 Å². The summed E-state index contributed by atoms with van der Waals surface area (Å²) < 4.78 is 5.25. The molecule has 3 heteroatoms. The van der Waals surface area contributed by atoms with Crippen molar-refractivity contribution in [2.45, 2.75) is 19.4 Å². The van der Waals surface area contributed by atoms with E-state index in [2.05, 4.69) is 5.92 Å². The molecule has 0 aliphatic carbocycles. The van der Waals surface area contributed by atoms with E-state index in [0.717, 1.165) is 12.0 Å². The molecule has 0 spiro atoms. The van der Waals surface area contributed by atoms with Crippen LogP contribution in [0.15, 0.2) is 18.2 Å². The van der Waals surface area contributed by atoms with Gasteiger partial charge in [-0.2, -0.15) is 0 Å². The zero-order chi connectivity index (χ0) is 11.3. The predicted molar refractivity (Wildman–Crippen MR) is 63.1 cm³/mol. The lowest BCUT2D eigenvalue weighted by molar-refractivity contribution is 0.370. The Kier molecular flexibility index (Phi) is 4.48. The van der Waals surface area contributed by atoms with E-state index in [9.17, 15) is 0 Å². The highest BCUT2D eigenvalue weighted by molar-refractivity contribution is 6.32. The second kappa shape index (κ2) is 5.65. The van der Waals surface area contributed by atoms with E-state index in [1.807, 2.05) is 25.1 Å². The molecule has 1 rings (SSSR count). The van der Waals surface area contributed by atoms with Gasteiger partial charge in [-0.3, -0.25) is 0 Å². The largest absolute Gasteiger partial charge is 0.479 e. The van der Waals surface area contributed by atoms with E-state index in [0.29, 0.717) is 10.8 Å². The lowest BCUT2D eigenvalue weighted by atomic mass is 10.1. The lowest BCUT2D eigenvalue weighted by Gasteiger charge is -2.08. The van der Waals surface area contributed by atoms with Crippen LogP contribution in [0, 0.1) is 12.3 Å². The van der Waals surface area contributed by atoms with Crippen LogP contribution in [0.5, 0.6) is 5.75 Å². The molecule has 0 heterocycles. The van der Waals surface area contributed by atoms with Crippen LogP contribution in [0.3, 0.4) is 0 Å². The van der Waals surface area contributed by atoms with Gasteiger partial charge < -0.3 is 10.5 Å². The van der Waals surface area contributed by atoms with Crippen molar-refractivity contribution in [3.63, 3.8) is 0 Å². The monoisotopic (exact) mass is 223 g/mol. The van der Waals surface area contributed by atoms with Gasteiger partial charge in [0.1, 0.15) is 12.4 Å². The molecule has 0 saturated carbocycles. The highest BCUT2D eigenvalue weighted by Crippen LogP contribution is 2.25. The Balaban J connectivity index is 2.75. The molecule has 1 atom stereocenters. The van der Waals surface area contributed by atoms with Gasteiger partial charge in [0.2, 0.25) is 0 Å². The van der Waals surface area contributed by atoms with Crippen molar-refractivity contribution in [1.29, 1.82) is 0 Å². The van der Waals surface area contributed by atoms with Crippen LogP contribution in [-0.2, 0) is 6.42 Å². The zero-order valence-corrected chi connectivity index (χ0v) is 9.42. The average molecular weight is 224 g/mol. The number of benzene rings is 1. The summed E-state index contributed by atoms with van der Waals surface area (Å²) in [5.74, 6) is 3.00. The normalized spacial score (nSPS) is 11.9. The lowest BCUT2D eigenvalue weighted by Crippen LogP contribution is -2.17. The van der Waals surface area contributed by atoms with Crippen molar-refractivity contribution in [2.75, 3.05) is 6.61 Å². The van der Waals surface area contributed by atoms with Gasteiger partial charge in [0, 0.05) is 6.04 Å². The topological polar surface area (TPSA) is 35.2 Å². The summed E-state index contributed by atoms with van der Waals surface area (Å²) in [6, 6.07) is 5.74. The molecule has 2 N–H and O–H groups in total. The molecule has 0 amide bonds. The third-order valence-corrected chi connectivity index (χ3v) is 2.16. The molecular weight excluding hydrogens is 210 g/mol. The first-order valence-corrected chi connectivity index (χ1v) is 5.11.